The first-order chi connectivity index (χ1) is 15.6. The SMILES string of the molecule is COc1ccc(CN2C(=O)[C@@H]3[C@H]2/C(=C/C(=O)COCC[Si](C)(C)C)CN3C(=O)O)cc1OC. The lowest BCUT2D eigenvalue weighted by molar-refractivity contribution is -0.152. The smallest absolute Gasteiger partial charge is 0.408 e. The molecule has 2 fully saturated rings. The first-order valence-electron chi connectivity index (χ1n) is 10.9. The number of hydrogen-bond acceptors (Lipinski definition) is 6. The number of methoxy groups -OCH3 is 2. The van der Waals surface area contributed by atoms with Crippen molar-refractivity contribution in [3.8, 4) is 11.5 Å². The predicted molar refractivity (Wildman–Crippen MR) is 124 cm³/mol. The monoisotopic (exact) mass is 476 g/mol. The zero-order valence-corrected chi connectivity index (χ0v) is 20.8. The fourth-order valence-corrected chi connectivity index (χ4v) is 4.85. The summed E-state index contributed by atoms with van der Waals surface area (Å²) in [6, 6.07) is 5.06. The molecule has 0 spiro atoms. The van der Waals surface area contributed by atoms with Crippen LogP contribution in [0.25, 0.3) is 0 Å². The molecular formula is C23H32N2O7Si. The maximum atomic E-state index is 12.8. The molecule has 10 heteroatoms. The molecule has 1 aromatic carbocycles. The van der Waals surface area contributed by atoms with Gasteiger partial charge in [-0.15, -0.1) is 0 Å². The molecule has 2 aliphatic rings. The van der Waals surface area contributed by atoms with E-state index in [1.54, 1.807) is 24.1 Å². The summed E-state index contributed by atoms with van der Waals surface area (Å²) in [7, 11) is 1.83. The van der Waals surface area contributed by atoms with Crippen molar-refractivity contribution in [2.24, 2.45) is 0 Å². The highest BCUT2D eigenvalue weighted by molar-refractivity contribution is 6.76. The zero-order valence-electron chi connectivity index (χ0n) is 19.8. The predicted octanol–water partition coefficient (Wildman–Crippen LogP) is 2.63. The fraction of sp³-hybridized carbons (Fsp3) is 0.522. The Hall–Kier alpha value is -2.85. The van der Waals surface area contributed by atoms with Crippen molar-refractivity contribution in [3.05, 3.63) is 35.4 Å². The van der Waals surface area contributed by atoms with Gasteiger partial charge in [0, 0.05) is 27.8 Å². The molecule has 2 aliphatic heterocycles. The van der Waals surface area contributed by atoms with Gasteiger partial charge in [0.1, 0.15) is 12.6 Å². The first kappa shape index (κ1) is 24.8. The van der Waals surface area contributed by atoms with Crippen molar-refractivity contribution in [3.63, 3.8) is 0 Å². The highest BCUT2D eigenvalue weighted by atomic mass is 28.3. The van der Waals surface area contributed by atoms with Crippen molar-refractivity contribution in [1.29, 1.82) is 0 Å². The van der Waals surface area contributed by atoms with Crippen LogP contribution in [0, 0.1) is 0 Å². The van der Waals surface area contributed by atoms with E-state index in [1.807, 2.05) is 6.07 Å². The van der Waals surface area contributed by atoms with Crippen LogP contribution in [0.15, 0.2) is 29.8 Å². The number of ketones is 1. The molecule has 0 bridgehead atoms. The number of β-lactam (4-membered cyclic amide) rings is 1. The minimum atomic E-state index is -1.25. The van der Waals surface area contributed by atoms with E-state index >= 15 is 0 Å². The van der Waals surface area contributed by atoms with Gasteiger partial charge in [0.15, 0.2) is 17.3 Å². The van der Waals surface area contributed by atoms with Crippen LogP contribution >= 0.6 is 0 Å². The molecule has 33 heavy (non-hydrogen) atoms. The molecule has 0 aliphatic carbocycles. The van der Waals surface area contributed by atoms with Gasteiger partial charge in [-0.2, -0.15) is 0 Å². The molecule has 2 heterocycles. The Morgan fingerprint density at radius 2 is 1.85 bits per heavy atom. The highest BCUT2D eigenvalue weighted by Crippen LogP contribution is 2.39. The van der Waals surface area contributed by atoms with E-state index in [4.69, 9.17) is 14.2 Å². The molecular weight excluding hydrogens is 444 g/mol. The lowest BCUT2D eigenvalue weighted by Crippen LogP contribution is -2.66. The maximum absolute atomic E-state index is 12.8. The molecule has 0 radical (unpaired) electrons. The van der Waals surface area contributed by atoms with E-state index in [0.717, 1.165) is 16.5 Å². The third-order valence-corrected chi connectivity index (χ3v) is 7.58. The number of amides is 2. The van der Waals surface area contributed by atoms with Crippen LogP contribution in [-0.2, 0) is 20.9 Å². The molecule has 0 saturated carbocycles. The quantitative estimate of drug-likeness (QED) is 0.239. The summed E-state index contributed by atoms with van der Waals surface area (Å²) >= 11 is 0. The van der Waals surface area contributed by atoms with Gasteiger partial charge >= 0.3 is 6.09 Å². The van der Waals surface area contributed by atoms with Crippen molar-refractivity contribution in [1.82, 2.24) is 9.80 Å². The first-order valence-corrected chi connectivity index (χ1v) is 14.6. The summed E-state index contributed by atoms with van der Waals surface area (Å²) in [4.78, 5) is 39.7. The van der Waals surface area contributed by atoms with E-state index in [1.165, 1.54) is 13.2 Å². The Balaban J connectivity index is 1.73. The minimum Gasteiger partial charge on any atom is -0.493 e. The van der Waals surface area contributed by atoms with Crippen LogP contribution in [0.1, 0.15) is 5.56 Å². The number of rotatable bonds is 10. The summed E-state index contributed by atoms with van der Waals surface area (Å²) in [6.45, 7) is 7.48. The van der Waals surface area contributed by atoms with Gasteiger partial charge in [-0.25, -0.2) is 4.79 Å². The third kappa shape index (κ3) is 5.56. The highest BCUT2D eigenvalue weighted by Gasteiger charge is 2.58. The number of nitrogens with zero attached hydrogens (tertiary/aromatic N) is 2. The van der Waals surface area contributed by atoms with Crippen molar-refractivity contribution >= 4 is 25.9 Å². The lowest BCUT2D eigenvalue weighted by atomic mass is 9.91. The van der Waals surface area contributed by atoms with Crippen molar-refractivity contribution < 1.29 is 33.7 Å². The summed E-state index contributed by atoms with van der Waals surface area (Å²) < 4.78 is 16.1. The molecule has 3 rings (SSSR count). The second-order valence-electron chi connectivity index (χ2n) is 9.50. The van der Waals surface area contributed by atoms with Gasteiger partial charge in [-0.3, -0.25) is 14.5 Å². The summed E-state index contributed by atoms with van der Waals surface area (Å²) in [5.74, 6) is 0.614. The van der Waals surface area contributed by atoms with Gasteiger partial charge in [0.05, 0.1) is 20.3 Å². The van der Waals surface area contributed by atoms with Gasteiger partial charge < -0.3 is 24.2 Å². The van der Waals surface area contributed by atoms with Gasteiger partial charge in [0.25, 0.3) is 0 Å². The van der Waals surface area contributed by atoms with Crippen LogP contribution < -0.4 is 9.47 Å². The summed E-state index contributed by atoms with van der Waals surface area (Å²) in [6.07, 6.45) is 0.273. The molecule has 0 unspecified atom stereocenters. The van der Waals surface area contributed by atoms with Gasteiger partial charge in [-0.05, 0) is 35.4 Å². The molecule has 2 atom stereocenters. The Labute approximate surface area is 194 Å². The van der Waals surface area contributed by atoms with Gasteiger partial charge in [-0.1, -0.05) is 25.7 Å². The standard InChI is InChI=1S/C23H32N2O7Si/c1-30-18-7-6-15(10-19(18)31-2)12-24-20-16(13-25(23(28)29)21(20)22(24)27)11-17(26)14-32-8-9-33(3,4)5/h6-7,10-11,20-21H,8-9,12-14H2,1-5H3,(H,28,29)/b16-11+/t20-,21+/m1/s1. The number of benzene rings is 1. The Morgan fingerprint density at radius 1 is 1.15 bits per heavy atom. The van der Waals surface area contributed by atoms with Crippen molar-refractivity contribution in [2.75, 3.05) is 34.0 Å². The van der Waals surface area contributed by atoms with Crippen LogP contribution in [0.4, 0.5) is 4.79 Å². The summed E-state index contributed by atoms with van der Waals surface area (Å²) in [5, 5.41) is 9.55. The number of carbonyl (C=O) groups is 3. The Morgan fingerprint density at radius 3 is 2.45 bits per heavy atom. The normalized spacial score (nSPS) is 21.1. The van der Waals surface area contributed by atoms with E-state index in [-0.39, 0.29) is 31.4 Å². The molecule has 1 aromatic rings. The van der Waals surface area contributed by atoms with E-state index < -0.39 is 26.3 Å². The minimum absolute atomic E-state index is 0.0273. The van der Waals surface area contributed by atoms with E-state index in [0.29, 0.717) is 23.7 Å². The molecule has 180 valence electrons. The van der Waals surface area contributed by atoms with E-state index in [9.17, 15) is 19.5 Å². The van der Waals surface area contributed by atoms with E-state index in [2.05, 4.69) is 19.6 Å². The molecule has 9 nitrogen and oxygen atoms in total. The molecule has 0 aromatic heterocycles. The number of carboxylic acid groups (broad SMARTS) is 1. The lowest BCUT2D eigenvalue weighted by Gasteiger charge is -2.45. The van der Waals surface area contributed by atoms with Crippen LogP contribution in [0.5, 0.6) is 11.5 Å². The maximum Gasteiger partial charge on any atom is 0.408 e. The average Bonchev–Trinajstić information content (AvgIpc) is 3.09. The molecule has 2 saturated heterocycles. The van der Waals surface area contributed by atoms with Crippen molar-refractivity contribution in [2.45, 2.75) is 44.3 Å². The number of ether oxygens (including phenoxy) is 3. The van der Waals surface area contributed by atoms with Crippen LogP contribution in [0.2, 0.25) is 25.7 Å². The second kappa shape index (κ2) is 9.96. The third-order valence-electron chi connectivity index (χ3n) is 5.87. The summed E-state index contributed by atoms with van der Waals surface area (Å²) in [5.41, 5.74) is 1.43. The molecule has 1 N–H and O–H groups in total. The average molecular weight is 477 g/mol. The largest absolute Gasteiger partial charge is 0.493 e. The second-order valence-corrected chi connectivity index (χ2v) is 15.1. The fourth-order valence-electron chi connectivity index (χ4n) is 4.09. The topological polar surface area (TPSA) is 106 Å². The Kier molecular flexibility index (Phi) is 7.48. The molecule has 2 amide bonds. The number of fused-ring (bicyclic) bond motifs is 1. The zero-order chi connectivity index (χ0) is 24.3. The number of hydrogen-bond donors (Lipinski definition) is 1. The van der Waals surface area contributed by atoms with Gasteiger partial charge in [0.2, 0.25) is 5.91 Å². The number of likely N-dealkylation sites (tertiary alicyclic amines) is 2. The van der Waals surface area contributed by atoms with Crippen LogP contribution in [-0.4, -0.2) is 86.8 Å². The Bertz CT molecular complexity index is 957. The number of carbonyl (C=O) groups excluding carboxylic acids is 2. The van der Waals surface area contributed by atoms with Crippen LogP contribution in [0.3, 0.4) is 0 Å².